The van der Waals surface area contributed by atoms with Gasteiger partial charge < -0.3 is 30.3 Å². The highest BCUT2D eigenvalue weighted by Crippen LogP contribution is 2.27. The van der Waals surface area contributed by atoms with Crippen molar-refractivity contribution in [2.45, 2.75) is 84.1 Å². The van der Waals surface area contributed by atoms with Crippen molar-refractivity contribution in [2.75, 3.05) is 30.8 Å². The second-order valence-electron chi connectivity index (χ2n) is 13.6. The Bertz CT molecular complexity index is 1570. The summed E-state index contributed by atoms with van der Waals surface area (Å²) in [4.78, 5) is 59.4. The van der Waals surface area contributed by atoms with Gasteiger partial charge in [-0.25, -0.2) is 9.78 Å². The van der Waals surface area contributed by atoms with E-state index in [1.165, 1.54) is 25.8 Å². The zero-order valence-corrected chi connectivity index (χ0v) is 30.0. The predicted molar refractivity (Wildman–Crippen MR) is 190 cm³/mol. The molecule has 0 bridgehead atoms. The Morgan fingerprint density at radius 2 is 1.57 bits per heavy atom. The van der Waals surface area contributed by atoms with Crippen molar-refractivity contribution in [1.82, 2.24) is 24.5 Å². The summed E-state index contributed by atoms with van der Waals surface area (Å²) in [6.45, 7) is 11.7. The topological polar surface area (TPSA) is 144 Å². The quantitative estimate of drug-likeness (QED) is 0.213. The highest BCUT2D eigenvalue weighted by Gasteiger charge is 2.35. The van der Waals surface area contributed by atoms with E-state index in [0.717, 1.165) is 37.1 Å². The number of benzene rings is 2. The molecule has 4 amide bonds. The molecular weight excluding hydrogens is 644 g/mol. The second kappa shape index (κ2) is 16.8. The number of anilines is 1. The standard InChI is InChI=1S/C36H48N6O6S/c1-25-37-30(21-42(25)49-24-28(27-17-11-8-12-18-27)32(44)41-19-13-14-20-41)39-31(43)29(23-47-22-26-15-9-7-10-16-26)38-33(45)36(5,6)40-34(46)48-35(2,3)4/h7-12,15-18,21,28-29H,13-14,19-20,22-24H2,1-6H3,(H,38,45)(H,39,43)(H,40,46)/t28?,29-/m1/s1. The van der Waals surface area contributed by atoms with Gasteiger partial charge >= 0.3 is 6.09 Å². The molecule has 0 saturated carbocycles. The molecule has 13 heteroatoms. The lowest BCUT2D eigenvalue weighted by atomic mass is 10.00. The van der Waals surface area contributed by atoms with E-state index in [4.69, 9.17) is 9.47 Å². The third-order valence-corrected chi connectivity index (χ3v) is 8.92. The number of aromatic nitrogens is 2. The molecule has 0 aliphatic carbocycles. The van der Waals surface area contributed by atoms with Gasteiger partial charge in [0.25, 0.3) is 5.91 Å². The third kappa shape index (κ3) is 11.4. The minimum Gasteiger partial charge on any atom is -0.444 e. The maximum absolute atomic E-state index is 13.6. The van der Waals surface area contributed by atoms with Crippen molar-refractivity contribution < 1.29 is 28.7 Å². The van der Waals surface area contributed by atoms with Crippen LogP contribution < -0.4 is 16.0 Å². The molecule has 12 nitrogen and oxygen atoms in total. The summed E-state index contributed by atoms with van der Waals surface area (Å²) in [6.07, 6.45) is 2.96. The van der Waals surface area contributed by atoms with Gasteiger partial charge in [0, 0.05) is 18.8 Å². The Balaban J connectivity index is 1.44. The van der Waals surface area contributed by atoms with Gasteiger partial charge in [-0.05, 0) is 77.5 Å². The minimum absolute atomic E-state index is 0.112. The molecule has 4 rings (SSSR count). The van der Waals surface area contributed by atoms with Crippen LogP contribution in [0, 0.1) is 6.92 Å². The fraction of sp³-hybridized carbons (Fsp3) is 0.472. The van der Waals surface area contributed by atoms with E-state index in [0.29, 0.717) is 11.6 Å². The lowest BCUT2D eigenvalue weighted by molar-refractivity contribution is -0.131. The first kappa shape index (κ1) is 37.5. The molecule has 1 aromatic heterocycles. The van der Waals surface area contributed by atoms with E-state index in [1.54, 1.807) is 27.0 Å². The maximum Gasteiger partial charge on any atom is 0.408 e. The monoisotopic (exact) mass is 692 g/mol. The minimum atomic E-state index is -1.41. The van der Waals surface area contributed by atoms with Gasteiger partial charge in [0.05, 0.1) is 25.3 Å². The van der Waals surface area contributed by atoms with E-state index < -0.39 is 35.1 Å². The molecule has 0 radical (unpaired) electrons. The number of ether oxygens (including phenoxy) is 2. The van der Waals surface area contributed by atoms with Crippen LogP contribution in [0.25, 0.3) is 0 Å². The number of carbonyl (C=O) groups excluding carboxylic acids is 4. The summed E-state index contributed by atoms with van der Waals surface area (Å²) >= 11 is 1.44. The number of hydrogen-bond donors (Lipinski definition) is 3. The highest BCUT2D eigenvalue weighted by atomic mass is 32.2. The fourth-order valence-corrected chi connectivity index (χ4v) is 6.22. The molecule has 1 fully saturated rings. The number of rotatable bonds is 14. The number of alkyl carbamates (subject to hydrolysis) is 1. The Morgan fingerprint density at radius 1 is 0.939 bits per heavy atom. The number of likely N-dealkylation sites (tertiary alicyclic amines) is 1. The molecule has 2 atom stereocenters. The maximum atomic E-state index is 13.6. The van der Waals surface area contributed by atoms with Crippen LogP contribution in [-0.2, 0) is 30.5 Å². The molecule has 2 heterocycles. The van der Waals surface area contributed by atoms with Gasteiger partial charge in [-0.2, -0.15) is 0 Å². The van der Waals surface area contributed by atoms with Gasteiger partial charge in [0.2, 0.25) is 11.8 Å². The van der Waals surface area contributed by atoms with Gasteiger partial charge in [0.15, 0.2) is 5.82 Å². The van der Waals surface area contributed by atoms with E-state index in [1.807, 2.05) is 76.5 Å². The average Bonchev–Trinajstić information content (AvgIpc) is 3.70. The van der Waals surface area contributed by atoms with Crippen LogP contribution in [0.3, 0.4) is 0 Å². The van der Waals surface area contributed by atoms with Crippen molar-refractivity contribution in [3.8, 4) is 0 Å². The van der Waals surface area contributed by atoms with Gasteiger partial charge in [-0.1, -0.05) is 60.7 Å². The number of aryl methyl sites for hydroxylation is 1. The number of nitrogens with one attached hydrogen (secondary N) is 3. The highest BCUT2D eigenvalue weighted by molar-refractivity contribution is 7.97. The summed E-state index contributed by atoms with van der Waals surface area (Å²) in [5, 5.41) is 8.09. The summed E-state index contributed by atoms with van der Waals surface area (Å²) < 4.78 is 13.0. The van der Waals surface area contributed by atoms with Crippen molar-refractivity contribution >= 4 is 41.6 Å². The molecule has 2 aromatic carbocycles. The van der Waals surface area contributed by atoms with Crippen LogP contribution in [0.4, 0.5) is 10.6 Å². The van der Waals surface area contributed by atoms with E-state index in [-0.39, 0.29) is 30.9 Å². The largest absolute Gasteiger partial charge is 0.444 e. The van der Waals surface area contributed by atoms with E-state index in [9.17, 15) is 19.2 Å². The molecule has 3 aromatic rings. The molecule has 3 N–H and O–H groups in total. The Hall–Kier alpha value is -4.36. The van der Waals surface area contributed by atoms with Crippen LogP contribution in [0.15, 0.2) is 66.9 Å². The van der Waals surface area contributed by atoms with Gasteiger partial charge in [-0.3, -0.25) is 18.4 Å². The Morgan fingerprint density at radius 3 is 2.20 bits per heavy atom. The molecule has 1 aliphatic rings. The van der Waals surface area contributed by atoms with E-state index in [2.05, 4.69) is 20.9 Å². The van der Waals surface area contributed by atoms with Crippen LogP contribution >= 0.6 is 11.9 Å². The van der Waals surface area contributed by atoms with Crippen molar-refractivity contribution in [3.63, 3.8) is 0 Å². The summed E-state index contributed by atoms with van der Waals surface area (Å²) in [5.41, 5.74) is -0.299. The van der Waals surface area contributed by atoms with Crippen LogP contribution in [0.5, 0.6) is 0 Å². The second-order valence-corrected chi connectivity index (χ2v) is 14.5. The zero-order valence-electron chi connectivity index (χ0n) is 29.2. The van der Waals surface area contributed by atoms with Crippen LogP contribution in [-0.4, -0.2) is 80.3 Å². The first-order valence-electron chi connectivity index (χ1n) is 16.5. The molecule has 1 unspecified atom stereocenters. The number of carbonyl (C=O) groups is 4. The summed E-state index contributed by atoms with van der Waals surface area (Å²) in [5.74, 6) is 0.0262. The number of nitrogens with zero attached hydrogens (tertiary/aromatic N) is 3. The predicted octanol–water partition coefficient (Wildman–Crippen LogP) is 5.04. The lowest BCUT2D eigenvalue weighted by Gasteiger charge is -2.29. The SMILES string of the molecule is Cc1nc(NC(=O)[C@@H](COCc2ccccc2)NC(=O)C(C)(C)NC(=O)OC(C)(C)C)cn1SCC(C(=O)N1CCCC1)c1ccccc1. The first-order chi connectivity index (χ1) is 23.2. The van der Waals surface area contributed by atoms with Crippen molar-refractivity contribution in [3.05, 3.63) is 83.8 Å². The molecular formula is C36H48N6O6S. The summed E-state index contributed by atoms with van der Waals surface area (Å²) in [6, 6.07) is 18.1. The van der Waals surface area contributed by atoms with Crippen LogP contribution in [0.1, 0.15) is 70.3 Å². The van der Waals surface area contributed by atoms with E-state index >= 15 is 0 Å². The van der Waals surface area contributed by atoms with Gasteiger partial charge in [-0.15, -0.1) is 0 Å². The van der Waals surface area contributed by atoms with Crippen molar-refractivity contribution in [1.29, 1.82) is 0 Å². The number of hydrogen-bond acceptors (Lipinski definition) is 8. The fourth-order valence-electron chi connectivity index (χ4n) is 5.18. The van der Waals surface area contributed by atoms with Crippen LogP contribution in [0.2, 0.25) is 0 Å². The van der Waals surface area contributed by atoms with Gasteiger partial charge in [0.1, 0.15) is 23.0 Å². The lowest BCUT2D eigenvalue weighted by Crippen LogP contribution is -2.59. The number of imidazole rings is 1. The smallest absolute Gasteiger partial charge is 0.408 e. The Labute approximate surface area is 292 Å². The molecule has 264 valence electrons. The molecule has 1 saturated heterocycles. The van der Waals surface area contributed by atoms with Crippen molar-refractivity contribution in [2.24, 2.45) is 0 Å². The molecule has 0 spiro atoms. The first-order valence-corrected chi connectivity index (χ1v) is 17.4. The number of amides is 4. The molecule has 1 aliphatic heterocycles. The average molecular weight is 693 g/mol. The third-order valence-electron chi connectivity index (χ3n) is 7.79. The Kier molecular flexibility index (Phi) is 12.9. The molecule has 49 heavy (non-hydrogen) atoms. The summed E-state index contributed by atoms with van der Waals surface area (Å²) in [7, 11) is 0. The normalized spacial score (nSPS) is 14.5. The zero-order chi connectivity index (χ0) is 35.6.